The topological polar surface area (TPSA) is 55.7 Å². The van der Waals surface area contributed by atoms with Crippen LogP contribution in [0.1, 0.15) is 6.92 Å². The number of ether oxygens (including phenoxy) is 1. The molecule has 0 aromatic rings. The van der Waals surface area contributed by atoms with Gasteiger partial charge in [-0.3, -0.25) is 4.79 Å². The molecule has 0 aliphatic carbocycles. The monoisotopic (exact) mass is 129 g/mol. The third-order valence-corrected chi connectivity index (χ3v) is 0.553. The third-order valence-electron chi connectivity index (χ3n) is 0.553. The number of hydrogen-bond acceptors (Lipinski definition) is 3. The van der Waals surface area contributed by atoms with Crippen LogP contribution in [0.2, 0.25) is 0 Å². The minimum Gasteiger partial charge on any atom is -0.465 e. The molecule has 0 saturated heterocycles. The van der Waals surface area contributed by atoms with Crippen molar-refractivity contribution in [2.45, 2.75) is 6.92 Å². The van der Waals surface area contributed by atoms with Crippen LogP contribution in [0.15, 0.2) is 4.99 Å². The lowest BCUT2D eigenvalue weighted by Gasteiger charge is -1.85. The predicted octanol–water partition coefficient (Wildman–Crippen LogP) is -0.223. The summed E-state index contributed by atoms with van der Waals surface area (Å²) in [5.41, 5.74) is 0. The molecule has 9 heavy (non-hydrogen) atoms. The molecule has 0 aliphatic heterocycles. The molecule has 0 rings (SSSR count). The molecule has 0 radical (unpaired) electrons. The van der Waals surface area contributed by atoms with E-state index in [4.69, 9.17) is 0 Å². The van der Waals surface area contributed by atoms with Crippen molar-refractivity contribution in [2.24, 2.45) is 4.99 Å². The smallest absolute Gasteiger partial charge is 0.349 e. The Morgan fingerprint density at radius 2 is 2.11 bits per heavy atom. The molecular formula is C5H7NO3. The van der Waals surface area contributed by atoms with Gasteiger partial charge in [-0.15, -0.1) is 0 Å². The van der Waals surface area contributed by atoms with E-state index in [0.717, 1.165) is 6.21 Å². The van der Waals surface area contributed by atoms with Gasteiger partial charge in [0.1, 0.15) is 6.21 Å². The number of carbonyl (C=O) groups excluding carboxylic acids is 2. The molecule has 0 spiro atoms. The lowest BCUT2D eigenvalue weighted by atomic mass is 10.7. The van der Waals surface area contributed by atoms with E-state index in [2.05, 4.69) is 9.73 Å². The Bertz CT molecular complexity index is 150. The van der Waals surface area contributed by atoms with Crippen molar-refractivity contribution in [1.29, 1.82) is 0 Å². The Morgan fingerprint density at radius 3 is 2.44 bits per heavy atom. The number of rotatable bonds is 1. The minimum absolute atomic E-state index is 0.416. The molecule has 0 unspecified atom stereocenters. The van der Waals surface area contributed by atoms with Gasteiger partial charge < -0.3 is 4.74 Å². The molecule has 0 heterocycles. The van der Waals surface area contributed by atoms with Crippen LogP contribution in [0.3, 0.4) is 0 Å². The van der Waals surface area contributed by atoms with Crippen LogP contribution in [0, 0.1) is 0 Å². The summed E-state index contributed by atoms with van der Waals surface area (Å²) in [6.45, 7) is 1.25. The van der Waals surface area contributed by atoms with Crippen molar-refractivity contribution < 1.29 is 14.3 Å². The molecule has 4 heteroatoms. The van der Waals surface area contributed by atoms with Gasteiger partial charge in [-0.05, 0) is 0 Å². The first kappa shape index (κ1) is 7.81. The summed E-state index contributed by atoms with van der Waals surface area (Å²) in [5, 5.41) is 0. The zero-order valence-corrected chi connectivity index (χ0v) is 5.25. The van der Waals surface area contributed by atoms with Gasteiger partial charge >= 0.3 is 5.97 Å². The lowest BCUT2D eigenvalue weighted by molar-refractivity contribution is -0.132. The first-order valence-electron chi connectivity index (χ1n) is 2.29. The fourth-order valence-corrected chi connectivity index (χ4v) is 0.196. The van der Waals surface area contributed by atoms with Crippen molar-refractivity contribution in [3.05, 3.63) is 0 Å². The quantitative estimate of drug-likeness (QED) is 0.363. The van der Waals surface area contributed by atoms with Crippen molar-refractivity contribution in [2.75, 3.05) is 7.11 Å². The average Bonchev–Trinajstić information content (AvgIpc) is 1.83. The van der Waals surface area contributed by atoms with Crippen molar-refractivity contribution in [3.63, 3.8) is 0 Å². The van der Waals surface area contributed by atoms with Gasteiger partial charge in [0.15, 0.2) is 0 Å². The van der Waals surface area contributed by atoms with Crippen LogP contribution in [0.4, 0.5) is 0 Å². The summed E-state index contributed by atoms with van der Waals surface area (Å²) < 4.78 is 4.16. The largest absolute Gasteiger partial charge is 0.465 e. The van der Waals surface area contributed by atoms with E-state index < -0.39 is 11.9 Å². The number of aliphatic imine (C=N–C) groups is 1. The normalized spacial score (nSPS) is 9.56. The minimum atomic E-state index is -0.620. The lowest BCUT2D eigenvalue weighted by Crippen LogP contribution is -2.02. The van der Waals surface area contributed by atoms with Crippen molar-refractivity contribution in [1.82, 2.24) is 0 Å². The fourth-order valence-electron chi connectivity index (χ4n) is 0.196. The van der Waals surface area contributed by atoms with E-state index in [9.17, 15) is 9.59 Å². The van der Waals surface area contributed by atoms with Crippen LogP contribution in [-0.2, 0) is 14.3 Å². The molecule has 0 N–H and O–H groups in total. The molecule has 0 aromatic carbocycles. The highest BCUT2D eigenvalue weighted by Crippen LogP contribution is 1.70. The Hall–Kier alpha value is -1.19. The van der Waals surface area contributed by atoms with E-state index in [1.807, 2.05) is 0 Å². The van der Waals surface area contributed by atoms with E-state index in [1.54, 1.807) is 0 Å². The van der Waals surface area contributed by atoms with Gasteiger partial charge in [-0.2, -0.15) is 0 Å². The van der Waals surface area contributed by atoms with E-state index in [1.165, 1.54) is 14.0 Å². The summed E-state index contributed by atoms with van der Waals surface area (Å²) in [6, 6.07) is 0. The highest BCUT2D eigenvalue weighted by Gasteiger charge is 1.91. The molecule has 1 amide bonds. The second-order valence-corrected chi connectivity index (χ2v) is 1.30. The van der Waals surface area contributed by atoms with Crippen LogP contribution < -0.4 is 0 Å². The maximum absolute atomic E-state index is 10.2. The fraction of sp³-hybridized carbons (Fsp3) is 0.400. The number of carbonyl (C=O) groups is 2. The summed E-state index contributed by atoms with van der Waals surface area (Å²) in [6.07, 6.45) is 0.836. The molecular weight excluding hydrogens is 122 g/mol. The molecule has 0 atom stereocenters. The summed E-state index contributed by atoms with van der Waals surface area (Å²) in [4.78, 5) is 23.4. The number of esters is 1. The van der Waals surface area contributed by atoms with Gasteiger partial charge in [-0.1, -0.05) is 0 Å². The van der Waals surface area contributed by atoms with Crippen molar-refractivity contribution >= 4 is 18.1 Å². The first-order chi connectivity index (χ1) is 4.16. The van der Waals surface area contributed by atoms with E-state index in [-0.39, 0.29) is 0 Å². The van der Waals surface area contributed by atoms with Crippen LogP contribution in [0.25, 0.3) is 0 Å². The van der Waals surface area contributed by atoms with Gasteiger partial charge in [0.2, 0.25) is 5.91 Å². The SMILES string of the molecule is COC(=O)C=NC(C)=O. The summed E-state index contributed by atoms with van der Waals surface area (Å²) >= 11 is 0. The van der Waals surface area contributed by atoms with Gasteiger partial charge in [0, 0.05) is 6.92 Å². The predicted molar refractivity (Wildman–Crippen MR) is 31.2 cm³/mol. The highest BCUT2D eigenvalue weighted by molar-refractivity contribution is 6.25. The second-order valence-electron chi connectivity index (χ2n) is 1.30. The molecule has 0 aromatic heterocycles. The Labute approximate surface area is 52.5 Å². The molecule has 50 valence electrons. The van der Waals surface area contributed by atoms with Crippen LogP contribution >= 0.6 is 0 Å². The number of amides is 1. The van der Waals surface area contributed by atoms with Crippen LogP contribution in [0.5, 0.6) is 0 Å². The molecule has 0 saturated carbocycles. The van der Waals surface area contributed by atoms with Crippen LogP contribution in [-0.4, -0.2) is 25.2 Å². The summed E-state index contributed by atoms with van der Waals surface area (Å²) in [7, 11) is 1.22. The molecule has 0 fully saturated rings. The van der Waals surface area contributed by atoms with Gasteiger partial charge in [0.25, 0.3) is 0 Å². The zero-order valence-electron chi connectivity index (χ0n) is 5.25. The third kappa shape index (κ3) is 4.67. The molecule has 0 aliphatic rings. The molecule has 0 bridgehead atoms. The second kappa shape index (κ2) is 3.77. The maximum Gasteiger partial charge on any atom is 0.349 e. The Morgan fingerprint density at radius 1 is 1.56 bits per heavy atom. The molecule has 4 nitrogen and oxygen atoms in total. The summed E-state index contributed by atoms with van der Waals surface area (Å²) in [5.74, 6) is -1.04. The zero-order chi connectivity index (χ0) is 7.28. The number of methoxy groups -OCH3 is 1. The number of nitrogens with zero attached hydrogens (tertiary/aromatic N) is 1. The standard InChI is InChI=1S/C5H7NO3/c1-4(7)6-3-5(8)9-2/h3H,1-2H3. The highest BCUT2D eigenvalue weighted by atomic mass is 16.5. The van der Waals surface area contributed by atoms with E-state index >= 15 is 0 Å². The van der Waals surface area contributed by atoms with Gasteiger partial charge in [0.05, 0.1) is 7.11 Å². The van der Waals surface area contributed by atoms with E-state index in [0.29, 0.717) is 0 Å². The Kier molecular flexibility index (Phi) is 3.27. The maximum atomic E-state index is 10.2. The van der Waals surface area contributed by atoms with Crippen molar-refractivity contribution in [3.8, 4) is 0 Å². The average molecular weight is 129 g/mol. The number of hydrogen-bond donors (Lipinski definition) is 0. The van der Waals surface area contributed by atoms with Gasteiger partial charge in [-0.25, -0.2) is 9.79 Å². The Balaban J connectivity index is 3.71. The first-order valence-corrected chi connectivity index (χ1v) is 2.29.